The van der Waals surface area contributed by atoms with E-state index in [9.17, 15) is 4.79 Å². The van der Waals surface area contributed by atoms with Crippen LogP contribution in [0.4, 0.5) is 0 Å². The summed E-state index contributed by atoms with van der Waals surface area (Å²) in [6.07, 6.45) is 4.61. The minimum absolute atomic E-state index is 0.0904. The maximum Gasteiger partial charge on any atom is 0.272 e. The average Bonchev–Trinajstić information content (AvgIpc) is 3.12. The van der Waals surface area contributed by atoms with Gasteiger partial charge in [-0.25, -0.2) is 0 Å². The van der Waals surface area contributed by atoms with Gasteiger partial charge in [0.15, 0.2) is 5.69 Å². The van der Waals surface area contributed by atoms with Crippen molar-refractivity contribution in [1.82, 2.24) is 15.5 Å². The van der Waals surface area contributed by atoms with Crippen LogP contribution in [0.1, 0.15) is 47.8 Å². The topological polar surface area (TPSA) is 54.9 Å². The van der Waals surface area contributed by atoms with Crippen LogP contribution in [0.25, 0.3) is 0 Å². The van der Waals surface area contributed by atoms with Gasteiger partial charge in [-0.1, -0.05) is 0 Å². The van der Waals surface area contributed by atoms with Gasteiger partial charge >= 0.3 is 0 Å². The van der Waals surface area contributed by atoms with E-state index in [1.807, 2.05) is 6.07 Å². The summed E-state index contributed by atoms with van der Waals surface area (Å²) in [6, 6.07) is 4.08. The Morgan fingerprint density at radius 2 is 2.00 bits per heavy atom. The van der Waals surface area contributed by atoms with E-state index in [-0.39, 0.29) is 5.91 Å². The van der Waals surface area contributed by atoms with Crippen molar-refractivity contribution >= 4 is 5.91 Å². The molecule has 2 fully saturated rings. The molecule has 3 rings (SSSR count). The fraction of sp³-hybridized carbons (Fsp3) is 0.545. The minimum Gasteiger partial charge on any atom is -0.348 e. The van der Waals surface area contributed by atoms with E-state index in [0.717, 1.165) is 18.5 Å². The molecule has 2 aliphatic carbocycles. The second-order valence-corrected chi connectivity index (χ2v) is 4.37. The zero-order valence-electron chi connectivity index (χ0n) is 8.44. The normalized spacial score (nSPS) is 20.0. The molecule has 1 heterocycles. The van der Waals surface area contributed by atoms with Crippen LogP contribution >= 0.6 is 0 Å². The summed E-state index contributed by atoms with van der Waals surface area (Å²) < 4.78 is 0. The Kier molecular flexibility index (Phi) is 1.94. The second kappa shape index (κ2) is 3.29. The highest BCUT2D eigenvalue weighted by atomic mass is 16.2. The van der Waals surface area contributed by atoms with Crippen LogP contribution in [0.15, 0.2) is 12.1 Å². The van der Waals surface area contributed by atoms with Crippen molar-refractivity contribution in [3.05, 3.63) is 23.5 Å². The smallest absolute Gasteiger partial charge is 0.272 e. The van der Waals surface area contributed by atoms with Crippen molar-refractivity contribution in [1.29, 1.82) is 0 Å². The fourth-order valence-electron chi connectivity index (χ4n) is 1.55. The number of rotatable bonds is 3. The summed E-state index contributed by atoms with van der Waals surface area (Å²) in [5, 5.41) is 10.9. The predicted octanol–water partition coefficient (Wildman–Crippen LogP) is 1.25. The molecule has 2 saturated carbocycles. The molecule has 0 radical (unpaired) electrons. The summed E-state index contributed by atoms with van der Waals surface area (Å²) >= 11 is 0. The number of carbonyl (C=O) groups excluding carboxylic acids is 1. The molecule has 0 unspecified atom stereocenters. The van der Waals surface area contributed by atoms with Crippen LogP contribution < -0.4 is 5.32 Å². The number of nitrogens with zero attached hydrogens (tertiary/aromatic N) is 2. The van der Waals surface area contributed by atoms with Gasteiger partial charge in [-0.2, -0.15) is 5.10 Å². The van der Waals surface area contributed by atoms with E-state index in [0.29, 0.717) is 17.7 Å². The third-order valence-electron chi connectivity index (χ3n) is 2.83. The maximum absolute atomic E-state index is 11.6. The van der Waals surface area contributed by atoms with E-state index in [1.165, 1.54) is 12.8 Å². The Balaban J connectivity index is 1.70. The molecule has 78 valence electrons. The lowest BCUT2D eigenvalue weighted by Crippen LogP contribution is -2.26. The molecule has 1 N–H and O–H groups in total. The zero-order chi connectivity index (χ0) is 10.3. The summed E-state index contributed by atoms with van der Waals surface area (Å²) in [4.78, 5) is 11.6. The Morgan fingerprint density at radius 3 is 2.53 bits per heavy atom. The molecule has 0 bridgehead atoms. The van der Waals surface area contributed by atoms with Gasteiger partial charge in [-0.15, -0.1) is 5.10 Å². The average molecular weight is 203 g/mol. The van der Waals surface area contributed by atoms with Crippen LogP contribution in [-0.4, -0.2) is 22.1 Å². The van der Waals surface area contributed by atoms with Crippen molar-refractivity contribution in [3.63, 3.8) is 0 Å². The number of nitrogens with one attached hydrogen (secondary N) is 1. The van der Waals surface area contributed by atoms with Crippen molar-refractivity contribution in [2.75, 3.05) is 0 Å². The number of carbonyl (C=O) groups is 1. The van der Waals surface area contributed by atoms with E-state index >= 15 is 0 Å². The van der Waals surface area contributed by atoms with E-state index in [4.69, 9.17) is 0 Å². The summed E-state index contributed by atoms with van der Waals surface area (Å²) in [5.74, 6) is 0.505. The first-order chi connectivity index (χ1) is 7.33. The Morgan fingerprint density at radius 1 is 1.20 bits per heavy atom. The Hall–Kier alpha value is -1.45. The molecule has 2 aliphatic rings. The number of hydrogen-bond donors (Lipinski definition) is 1. The molecule has 1 aromatic rings. The highest BCUT2D eigenvalue weighted by Crippen LogP contribution is 2.38. The van der Waals surface area contributed by atoms with Crippen LogP contribution in [0.3, 0.4) is 0 Å². The van der Waals surface area contributed by atoms with Crippen molar-refractivity contribution in [3.8, 4) is 0 Å². The predicted molar refractivity (Wildman–Crippen MR) is 54.5 cm³/mol. The Bertz CT molecular complexity index is 379. The maximum atomic E-state index is 11.6. The molecule has 0 atom stereocenters. The van der Waals surface area contributed by atoms with Gasteiger partial charge in [0.2, 0.25) is 0 Å². The molecule has 0 aliphatic heterocycles. The highest BCUT2D eigenvalue weighted by Gasteiger charge is 2.27. The lowest BCUT2D eigenvalue weighted by Gasteiger charge is -2.02. The van der Waals surface area contributed by atoms with Crippen LogP contribution in [-0.2, 0) is 0 Å². The van der Waals surface area contributed by atoms with E-state index < -0.39 is 0 Å². The Labute approximate surface area is 88.1 Å². The number of aromatic nitrogens is 2. The lowest BCUT2D eigenvalue weighted by molar-refractivity contribution is 0.0945. The van der Waals surface area contributed by atoms with Gasteiger partial charge in [0.1, 0.15) is 0 Å². The van der Waals surface area contributed by atoms with Gasteiger partial charge in [0, 0.05) is 12.0 Å². The zero-order valence-corrected chi connectivity index (χ0v) is 8.44. The molecular formula is C11H13N3O. The molecule has 0 spiro atoms. The van der Waals surface area contributed by atoms with Gasteiger partial charge in [0.05, 0.1) is 5.69 Å². The monoisotopic (exact) mass is 203 g/mol. The van der Waals surface area contributed by atoms with Gasteiger partial charge in [-0.3, -0.25) is 4.79 Å². The highest BCUT2D eigenvalue weighted by molar-refractivity contribution is 5.92. The molecule has 1 aromatic heterocycles. The third kappa shape index (κ3) is 1.98. The van der Waals surface area contributed by atoms with Crippen molar-refractivity contribution in [2.45, 2.75) is 37.6 Å². The van der Waals surface area contributed by atoms with Crippen LogP contribution in [0.2, 0.25) is 0 Å². The largest absolute Gasteiger partial charge is 0.348 e. The summed E-state index contributed by atoms with van der Waals surface area (Å²) in [5.41, 5.74) is 1.46. The lowest BCUT2D eigenvalue weighted by atomic mass is 10.2. The second-order valence-electron chi connectivity index (χ2n) is 4.37. The fourth-order valence-corrected chi connectivity index (χ4v) is 1.55. The first-order valence-corrected chi connectivity index (χ1v) is 5.47. The van der Waals surface area contributed by atoms with E-state index in [1.54, 1.807) is 6.07 Å². The van der Waals surface area contributed by atoms with Crippen LogP contribution in [0, 0.1) is 0 Å². The molecule has 4 heteroatoms. The van der Waals surface area contributed by atoms with E-state index in [2.05, 4.69) is 15.5 Å². The molecular weight excluding hydrogens is 190 g/mol. The third-order valence-corrected chi connectivity index (χ3v) is 2.83. The first-order valence-electron chi connectivity index (χ1n) is 5.47. The standard InChI is InChI=1S/C11H13N3O/c15-11(12-8-3-4-8)10-6-5-9(13-14-10)7-1-2-7/h5-8H,1-4H2,(H,12,15). The van der Waals surface area contributed by atoms with Crippen molar-refractivity contribution < 1.29 is 4.79 Å². The molecule has 0 saturated heterocycles. The summed E-state index contributed by atoms with van der Waals surface area (Å²) in [6.45, 7) is 0. The molecule has 1 amide bonds. The molecule has 15 heavy (non-hydrogen) atoms. The first kappa shape index (κ1) is 8.83. The summed E-state index contributed by atoms with van der Waals surface area (Å²) in [7, 11) is 0. The SMILES string of the molecule is O=C(NC1CC1)c1ccc(C2CC2)nn1. The molecule has 4 nitrogen and oxygen atoms in total. The van der Waals surface area contributed by atoms with Gasteiger partial charge < -0.3 is 5.32 Å². The minimum atomic E-state index is -0.0904. The van der Waals surface area contributed by atoms with Crippen LogP contribution in [0.5, 0.6) is 0 Å². The van der Waals surface area contributed by atoms with Gasteiger partial charge in [-0.05, 0) is 37.8 Å². The quantitative estimate of drug-likeness (QED) is 0.804. The molecule has 0 aromatic carbocycles. The van der Waals surface area contributed by atoms with Gasteiger partial charge in [0.25, 0.3) is 5.91 Å². The number of hydrogen-bond acceptors (Lipinski definition) is 3. The van der Waals surface area contributed by atoms with Crippen molar-refractivity contribution in [2.24, 2.45) is 0 Å². The number of amides is 1.